The highest BCUT2D eigenvalue weighted by atomic mass is 16.5. The van der Waals surface area contributed by atoms with Crippen molar-refractivity contribution in [1.82, 2.24) is 39.9 Å². The van der Waals surface area contributed by atoms with Gasteiger partial charge in [-0.3, -0.25) is 0 Å². The first-order valence-electron chi connectivity index (χ1n) is 40.0. The standard InChI is InChI=1S/C88H120N8O6/c1-13-25-34-59(19-7)53-97-75-47-69-70(48-76(75)98-54-60(20-8)35-26-14-2)85-92-83(69)90-81-67-45-44-66(43-42-65-40-32-31-33-41-65)46-68(67)82(89-81)91-84-71-49-77(99-55-61(21-9)36-27-15-3)78(100-56-62(22-10)37-28-16-4)50-72(71)86(93-84)95-88-74-52-80(102-58-64(24-12)39-30-18-6)79(51-73(74)87(94-85)96-88)101-57-63(23-11)38-29-17-5/h31-33,40-52,59-64H,13-30,34-39,53-58H2,1-12H3,(H2,89,90,91,92,93,94,95,96)/b43-42+. The lowest BCUT2D eigenvalue weighted by molar-refractivity contribution is 0.199. The van der Waals surface area contributed by atoms with Gasteiger partial charge in [0, 0.05) is 43.8 Å². The SMILES string of the molecule is CCCCC(CC)COc1cc2c(cc1OCC(CC)CCCC)-c1nc-2nc2[nH]c(nc3nc(nc4[nH]c(n1)c1cc(OCC(CC)CCCC)c(OCC(CC)CCCC)cc41)-c1cc(OCC(CC)CCCC)c(OCC(CC)CCCC)cc1-3)c1cc(/C=C/c3ccccc3)ccc21. The van der Waals surface area contributed by atoms with Crippen LogP contribution >= 0.6 is 0 Å². The van der Waals surface area contributed by atoms with Crippen molar-refractivity contribution < 1.29 is 28.4 Å². The second kappa shape index (κ2) is 39.0. The third-order valence-electron chi connectivity index (χ3n) is 21.4. The van der Waals surface area contributed by atoms with E-state index >= 15 is 0 Å². The van der Waals surface area contributed by atoms with Gasteiger partial charge < -0.3 is 38.4 Å². The molecule has 3 aromatic heterocycles. The molecule has 14 heteroatoms. The fraction of sp³-hybridized carbons (Fsp3) is 0.545. The normalized spacial score (nSPS) is 13.8. The highest BCUT2D eigenvalue weighted by Crippen LogP contribution is 2.47. The van der Waals surface area contributed by atoms with Crippen LogP contribution < -0.4 is 28.4 Å². The monoisotopic (exact) mass is 1380 g/mol. The summed E-state index contributed by atoms with van der Waals surface area (Å²) in [7, 11) is 0. The summed E-state index contributed by atoms with van der Waals surface area (Å²) in [5.74, 6) is 8.19. The minimum Gasteiger partial charge on any atom is -0.489 e. The molecule has 2 aliphatic heterocycles. The zero-order valence-electron chi connectivity index (χ0n) is 64.0. The maximum absolute atomic E-state index is 7.06. The van der Waals surface area contributed by atoms with Gasteiger partial charge in [-0.2, -0.15) is 0 Å². The van der Waals surface area contributed by atoms with E-state index in [1.165, 1.54) is 0 Å². The predicted octanol–water partition coefficient (Wildman–Crippen LogP) is 24.6. The van der Waals surface area contributed by atoms with Crippen molar-refractivity contribution in [3.8, 4) is 80.0 Å². The van der Waals surface area contributed by atoms with Gasteiger partial charge in [0.25, 0.3) is 0 Å². The van der Waals surface area contributed by atoms with E-state index in [-0.39, 0.29) is 0 Å². The van der Waals surface area contributed by atoms with Crippen molar-refractivity contribution in [1.29, 1.82) is 0 Å². The summed E-state index contributed by atoms with van der Waals surface area (Å²) in [4.78, 5) is 41.2. The lowest BCUT2D eigenvalue weighted by Gasteiger charge is -2.21. The van der Waals surface area contributed by atoms with Gasteiger partial charge in [-0.25, -0.2) is 29.9 Å². The first-order chi connectivity index (χ1) is 50.0. The van der Waals surface area contributed by atoms with Gasteiger partial charge in [0.2, 0.25) is 0 Å². The first-order valence-corrected chi connectivity index (χ1v) is 40.0. The van der Waals surface area contributed by atoms with Crippen LogP contribution in [0, 0.1) is 35.5 Å². The molecule has 0 spiro atoms. The average molecular weight is 1390 g/mol. The van der Waals surface area contributed by atoms with Crippen LogP contribution in [0.2, 0.25) is 0 Å². The maximum Gasteiger partial charge on any atom is 0.164 e. The van der Waals surface area contributed by atoms with Gasteiger partial charge in [0.15, 0.2) is 57.8 Å². The van der Waals surface area contributed by atoms with E-state index in [0.717, 1.165) is 209 Å². The Hall–Kier alpha value is -8.00. The molecule has 8 bridgehead atoms. The van der Waals surface area contributed by atoms with E-state index in [1.54, 1.807) is 0 Å². The molecule has 0 saturated carbocycles. The number of nitrogens with zero attached hydrogens (tertiary/aromatic N) is 6. The highest BCUT2D eigenvalue weighted by molar-refractivity contribution is 6.08. The molecule has 0 amide bonds. The number of fused-ring (bicyclic) bond motifs is 20. The van der Waals surface area contributed by atoms with Crippen LogP contribution in [-0.4, -0.2) is 79.5 Å². The molecule has 102 heavy (non-hydrogen) atoms. The van der Waals surface area contributed by atoms with E-state index < -0.39 is 0 Å². The number of hydrogen-bond donors (Lipinski definition) is 2. The Bertz CT molecular complexity index is 4160. The van der Waals surface area contributed by atoms with Crippen molar-refractivity contribution in [3.05, 3.63) is 96.1 Å². The molecule has 2 aliphatic rings. The van der Waals surface area contributed by atoms with Crippen LogP contribution in [0.5, 0.6) is 34.5 Å². The van der Waals surface area contributed by atoms with Crippen molar-refractivity contribution in [2.45, 2.75) is 237 Å². The number of aromatic nitrogens is 8. The van der Waals surface area contributed by atoms with E-state index in [9.17, 15) is 0 Å². The first kappa shape index (κ1) is 76.6. The van der Waals surface area contributed by atoms with Crippen LogP contribution in [0.4, 0.5) is 0 Å². The molecule has 5 heterocycles. The minimum atomic E-state index is 0.375. The summed E-state index contributed by atoms with van der Waals surface area (Å²) < 4.78 is 42.2. The highest BCUT2D eigenvalue weighted by Gasteiger charge is 2.29. The Morgan fingerprint density at radius 2 is 0.549 bits per heavy atom. The van der Waals surface area contributed by atoms with E-state index in [0.29, 0.717) is 156 Å². The number of hydrogen-bond acceptors (Lipinski definition) is 12. The molecule has 6 atom stereocenters. The Balaban J connectivity index is 1.30. The second-order valence-corrected chi connectivity index (χ2v) is 29.1. The molecule has 0 saturated heterocycles. The maximum atomic E-state index is 7.06. The molecule has 10 rings (SSSR count). The number of H-pyrrole nitrogens is 2. The fourth-order valence-electron chi connectivity index (χ4n) is 14.0. The van der Waals surface area contributed by atoms with Crippen molar-refractivity contribution >= 4 is 56.3 Å². The van der Waals surface area contributed by atoms with Crippen molar-refractivity contribution in [2.24, 2.45) is 35.5 Å². The Morgan fingerprint density at radius 1 is 0.284 bits per heavy atom. The second-order valence-electron chi connectivity index (χ2n) is 29.1. The van der Waals surface area contributed by atoms with E-state index in [1.807, 2.05) is 6.07 Å². The minimum absolute atomic E-state index is 0.375. The number of ether oxygens (including phenoxy) is 6. The molecule has 0 radical (unpaired) electrons. The third-order valence-corrected chi connectivity index (χ3v) is 21.4. The molecule has 0 aliphatic carbocycles. The molecule has 14 nitrogen and oxygen atoms in total. The zero-order valence-corrected chi connectivity index (χ0v) is 64.0. The molecule has 548 valence electrons. The Morgan fingerprint density at radius 3 is 0.833 bits per heavy atom. The van der Waals surface area contributed by atoms with Crippen molar-refractivity contribution in [2.75, 3.05) is 39.6 Å². The number of unbranched alkanes of at least 4 members (excludes halogenated alkanes) is 6. The quantitative estimate of drug-likeness (QED) is 0.0348. The van der Waals surface area contributed by atoms with Crippen LogP contribution in [0.15, 0.2) is 84.9 Å². The van der Waals surface area contributed by atoms with Crippen LogP contribution in [0.3, 0.4) is 0 Å². The number of aromatic amines is 2. The molecule has 8 aromatic rings. The smallest absolute Gasteiger partial charge is 0.164 e. The number of rotatable bonds is 44. The zero-order chi connectivity index (χ0) is 71.7. The average Bonchev–Trinajstić information content (AvgIpc) is 1.59. The summed E-state index contributed by atoms with van der Waals surface area (Å²) in [6.07, 6.45) is 30.5. The molecular formula is C88H120N8O6. The molecule has 2 N–H and O–H groups in total. The van der Waals surface area contributed by atoms with Gasteiger partial charge in [0.05, 0.1) is 39.6 Å². The van der Waals surface area contributed by atoms with E-state index in [2.05, 4.69) is 184 Å². The number of nitrogens with one attached hydrogen (secondary N) is 2. The fourth-order valence-corrected chi connectivity index (χ4v) is 14.0. The Kier molecular flexibility index (Phi) is 29.3. The summed E-state index contributed by atoms with van der Waals surface area (Å²) in [5.41, 5.74) is 7.50. The van der Waals surface area contributed by atoms with Gasteiger partial charge in [-0.05, 0) is 134 Å². The summed E-state index contributed by atoms with van der Waals surface area (Å²) >= 11 is 0. The van der Waals surface area contributed by atoms with Crippen LogP contribution in [0.25, 0.3) is 102 Å². The molecule has 6 unspecified atom stereocenters. The van der Waals surface area contributed by atoms with Gasteiger partial charge in [0.1, 0.15) is 22.6 Å². The van der Waals surface area contributed by atoms with Crippen LogP contribution in [0.1, 0.15) is 248 Å². The summed E-state index contributed by atoms with van der Waals surface area (Å²) in [6.45, 7) is 30.5. The molecule has 5 aromatic carbocycles. The van der Waals surface area contributed by atoms with Gasteiger partial charge in [-0.1, -0.05) is 247 Å². The topological polar surface area (TPSA) is 164 Å². The molecule has 0 fully saturated rings. The lowest BCUT2D eigenvalue weighted by Crippen LogP contribution is -2.14. The number of benzene rings is 5. The van der Waals surface area contributed by atoms with E-state index in [4.69, 9.17) is 58.3 Å². The van der Waals surface area contributed by atoms with Crippen LogP contribution in [-0.2, 0) is 0 Å². The van der Waals surface area contributed by atoms with Crippen molar-refractivity contribution in [3.63, 3.8) is 0 Å². The van der Waals surface area contributed by atoms with Gasteiger partial charge >= 0.3 is 0 Å². The Labute approximate surface area is 609 Å². The predicted molar refractivity (Wildman–Crippen MR) is 424 cm³/mol. The van der Waals surface area contributed by atoms with Gasteiger partial charge in [-0.15, -0.1) is 0 Å². The summed E-state index contributed by atoms with van der Waals surface area (Å²) in [5, 5.41) is 3.33. The third kappa shape index (κ3) is 19.8. The molecular weight excluding hydrogens is 1270 g/mol. The summed E-state index contributed by atoms with van der Waals surface area (Å²) in [6, 6.07) is 29.5. The largest absolute Gasteiger partial charge is 0.489 e. The lowest BCUT2D eigenvalue weighted by atomic mass is 10.00.